The first-order valence-corrected chi connectivity index (χ1v) is 6.31. The molecular formula is C9H15N3O3S. The molecule has 0 aliphatic rings. The summed E-state index contributed by atoms with van der Waals surface area (Å²) in [7, 11) is -2.20. The fourth-order valence-electron chi connectivity index (χ4n) is 1.13. The van der Waals surface area contributed by atoms with Crippen LogP contribution in [0.5, 0.6) is 0 Å². The number of aryl methyl sites for hydroxylation is 1. The fourth-order valence-corrected chi connectivity index (χ4v) is 1.91. The molecule has 1 aromatic rings. The fraction of sp³-hybridized carbons (Fsp3) is 0.556. The molecule has 0 aliphatic carbocycles. The summed E-state index contributed by atoms with van der Waals surface area (Å²) >= 11 is 0. The maximum atomic E-state index is 11.5. The lowest BCUT2D eigenvalue weighted by Gasteiger charge is -2.11. The molecule has 1 rings (SSSR count). The lowest BCUT2D eigenvalue weighted by Crippen LogP contribution is -2.33. The van der Waals surface area contributed by atoms with Crippen molar-refractivity contribution >= 4 is 10.0 Å². The third-order valence-electron chi connectivity index (χ3n) is 2.06. The smallest absolute Gasteiger partial charge is 0.236 e. The van der Waals surface area contributed by atoms with Gasteiger partial charge in [0.1, 0.15) is 0 Å². The summed E-state index contributed by atoms with van der Waals surface area (Å²) in [4.78, 5) is 14.5. The minimum absolute atomic E-state index is 0.298. The summed E-state index contributed by atoms with van der Waals surface area (Å²) in [6, 6.07) is 0. The molecule has 1 N–H and O–H groups in total. The van der Waals surface area contributed by atoms with Crippen LogP contribution in [0.3, 0.4) is 0 Å². The number of hydrogen-bond acceptors (Lipinski definition) is 5. The number of hydrogen-bond donors (Lipinski definition) is 1. The molecule has 1 atom stereocenters. The van der Waals surface area contributed by atoms with E-state index >= 15 is 0 Å². The van der Waals surface area contributed by atoms with E-state index in [2.05, 4.69) is 14.8 Å². The van der Waals surface area contributed by atoms with Crippen molar-refractivity contribution < 1.29 is 13.3 Å². The highest BCUT2D eigenvalue weighted by molar-refractivity contribution is 7.89. The molecule has 0 aromatic carbocycles. The standard InChI is InChI=1S/C9H15N3O3S/c1-7-5-11-9(6-10-7)4-8(2)16(13,14)12-15-3/h5-6,8,12H,4H2,1-3H3. The van der Waals surface area contributed by atoms with Gasteiger partial charge in [-0.2, -0.15) is 0 Å². The quantitative estimate of drug-likeness (QED) is 0.749. The van der Waals surface area contributed by atoms with Crippen molar-refractivity contribution in [1.82, 2.24) is 14.9 Å². The number of sulfonamides is 1. The van der Waals surface area contributed by atoms with Gasteiger partial charge in [-0.15, -0.1) is 0 Å². The van der Waals surface area contributed by atoms with E-state index < -0.39 is 15.3 Å². The zero-order chi connectivity index (χ0) is 12.2. The van der Waals surface area contributed by atoms with Crippen LogP contribution in [-0.4, -0.2) is 30.7 Å². The highest BCUT2D eigenvalue weighted by Crippen LogP contribution is 2.06. The maximum Gasteiger partial charge on any atom is 0.236 e. The predicted molar refractivity (Wildman–Crippen MR) is 59.0 cm³/mol. The zero-order valence-electron chi connectivity index (χ0n) is 9.47. The molecule has 1 heterocycles. The van der Waals surface area contributed by atoms with Gasteiger partial charge in [0.25, 0.3) is 0 Å². The Hall–Kier alpha value is -1.05. The monoisotopic (exact) mass is 245 g/mol. The van der Waals surface area contributed by atoms with Crippen molar-refractivity contribution in [1.29, 1.82) is 0 Å². The van der Waals surface area contributed by atoms with Gasteiger partial charge in [0, 0.05) is 18.8 Å². The van der Waals surface area contributed by atoms with Crippen LogP contribution in [0, 0.1) is 6.92 Å². The van der Waals surface area contributed by atoms with Gasteiger partial charge in [-0.25, -0.2) is 8.42 Å². The van der Waals surface area contributed by atoms with Crippen molar-refractivity contribution in [3.8, 4) is 0 Å². The first-order valence-electron chi connectivity index (χ1n) is 4.77. The van der Waals surface area contributed by atoms with Crippen molar-refractivity contribution in [3.63, 3.8) is 0 Å². The van der Waals surface area contributed by atoms with E-state index in [9.17, 15) is 8.42 Å². The van der Waals surface area contributed by atoms with Crippen LogP contribution >= 0.6 is 0 Å². The van der Waals surface area contributed by atoms with Crippen molar-refractivity contribution in [2.45, 2.75) is 25.5 Å². The summed E-state index contributed by atoms with van der Waals surface area (Å²) in [5, 5.41) is -0.621. The van der Waals surface area contributed by atoms with Crippen LogP contribution in [0.1, 0.15) is 18.3 Å². The van der Waals surface area contributed by atoms with Gasteiger partial charge in [0.2, 0.25) is 10.0 Å². The van der Waals surface area contributed by atoms with Crippen LogP contribution in [0.2, 0.25) is 0 Å². The van der Waals surface area contributed by atoms with Gasteiger partial charge in [0.15, 0.2) is 0 Å². The van der Waals surface area contributed by atoms with Crippen LogP contribution < -0.4 is 4.89 Å². The lowest BCUT2D eigenvalue weighted by molar-refractivity contribution is 0.152. The first-order chi connectivity index (χ1) is 7.45. The summed E-state index contributed by atoms with van der Waals surface area (Å²) in [6.07, 6.45) is 3.48. The Bertz CT molecular complexity index is 430. The van der Waals surface area contributed by atoms with Gasteiger partial charge < -0.3 is 0 Å². The average molecular weight is 245 g/mol. The van der Waals surface area contributed by atoms with E-state index in [1.807, 2.05) is 11.8 Å². The Morgan fingerprint density at radius 1 is 1.44 bits per heavy atom. The van der Waals surface area contributed by atoms with Crippen molar-refractivity contribution in [2.24, 2.45) is 0 Å². The Morgan fingerprint density at radius 2 is 2.12 bits per heavy atom. The Balaban J connectivity index is 2.71. The molecule has 0 aliphatic heterocycles. The predicted octanol–water partition coefficient (Wildman–Crippen LogP) is 0.197. The van der Waals surface area contributed by atoms with Gasteiger partial charge in [0.05, 0.1) is 23.7 Å². The Labute approximate surface area is 95.1 Å². The topological polar surface area (TPSA) is 81.2 Å². The summed E-state index contributed by atoms with van der Waals surface area (Å²) in [5.74, 6) is 0. The van der Waals surface area contributed by atoms with E-state index in [-0.39, 0.29) is 0 Å². The van der Waals surface area contributed by atoms with Gasteiger partial charge in [-0.1, -0.05) is 4.89 Å². The summed E-state index contributed by atoms with van der Waals surface area (Å²) in [5.41, 5.74) is 1.44. The molecule has 0 fully saturated rings. The summed E-state index contributed by atoms with van der Waals surface area (Å²) in [6.45, 7) is 3.41. The third-order valence-corrected chi connectivity index (χ3v) is 3.69. The minimum atomic E-state index is -3.46. The largest absolute Gasteiger partial charge is 0.290 e. The van der Waals surface area contributed by atoms with Crippen molar-refractivity contribution in [3.05, 3.63) is 23.8 Å². The SMILES string of the molecule is CONS(=O)(=O)C(C)Cc1cnc(C)cn1. The molecule has 0 radical (unpaired) electrons. The number of nitrogens with zero attached hydrogens (tertiary/aromatic N) is 2. The molecule has 0 spiro atoms. The molecule has 0 amide bonds. The Morgan fingerprint density at radius 3 is 2.62 bits per heavy atom. The van der Waals surface area contributed by atoms with E-state index in [1.54, 1.807) is 19.3 Å². The minimum Gasteiger partial charge on any atom is -0.290 e. The second kappa shape index (κ2) is 5.33. The Kier molecular flexibility index (Phi) is 4.34. The summed E-state index contributed by atoms with van der Waals surface area (Å²) < 4.78 is 23.0. The third kappa shape index (κ3) is 3.51. The number of rotatable bonds is 5. The number of aromatic nitrogens is 2. The van der Waals surface area contributed by atoms with Gasteiger partial charge in [-0.3, -0.25) is 14.8 Å². The second-order valence-electron chi connectivity index (χ2n) is 3.50. The normalized spacial score (nSPS) is 13.7. The number of nitrogens with one attached hydrogen (secondary N) is 1. The lowest BCUT2D eigenvalue weighted by atomic mass is 10.2. The van der Waals surface area contributed by atoms with E-state index in [1.165, 1.54) is 7.11 Å². The molecule has 6 nitrogen and oxygen atoms in total. The van der Waals surface area contributed by atoms with E-state index in [0.29, 0.717) is 12.1 Å². The molecule has 0 saturated carbocycles. The van der Waals surface area contributed by atoms with Gasteiger partial charge in [-0.05, 0) is 13.8 Å². The average Bonchev–Trinajstić information content (AvgIpc) is 2.21. The maximum absolute atomic E-state index is 11.5. The van der Waals surface area contributed by atoms with Crippen LogP contribution in [0.25, 0.3) is 0 Å². The van der Waals surface area contributed by atoms with Crippen molar-refractivity contribution in [2.75, 3.05) is 7.11 Å². The van der Waals surface area contributed by atoms with Crippen LogP contribution in [0.15, 0.2) is 12.4 Å². The molecule has 7 heteroatoms. The molecule has 0 saturated heterocycles. The molecule has 16 heavy (non-hydrogen) atoms. The van der Waals surface area contributed by atoms with Crippen LogP contribution in [0.4, 0.5) is 0 Å². The molecule has 1 aromatic heterocycles. The van der Waals surface area contributed by atoms with E-state index in [4.69, 9.17) is 0 Å². The highest BCUT2D eigenvalue weighted by atomic mass is 32.2. The second-order valence-corrected chi connectivity index (χ2v) is 5.56. The van der Waals surface area contributed by atoms with Gasteiger partial charge >= 0.3 is 0 Å². The molecular weight excluding hydrogens is 230 g/mol. The first kappa shape index (κ1) is 13.0. The molecule has 0 bridgehead atoms. The molecule has 1 unspecified atom stereocenters. The van der Waals surface area contributed by atoms with E-state index in [0.717, 1.165) is 5.69 Å². The zero-order valence-corrected chi connectivity index (χ0v) is 10.3. The van der Waals surface area contributed by atoms with Crippen LogP contribution in [-0.2, 0) is 21.3 Å². The highest BCUT2D eigenvalue weighted by Gasteiger charge is 2.21. The molecule has 90 valence electrons.